The van der Waals surface area contributed by atoms with Crippen LogP contribution in [-0.4, -0.2) is 43.9 Å². The molecule has 2 heterocycles. The molecule has 0 aliphatic carbocycles. The van der Waals surface area contributed by atoms with E-state index in [4.69, 9.17) is 16.0 Å². The van der Waals surface area contributed by atoms with Gasteiger partial charge in [-0.2, -0.15) is 4.31 Å². The van der Waals surface area contributed by atoms with E-state index in [9.17, 15) is 13.2 Å². The molecule has 0 spiro atoms. The molecule has 1 aliphatic rings. The van der Waals surface area contributed by atoms with Crippen molar-refractivity contribution < 1.29 is 12.8 Å². The van der Waals surface area contributed by atoms with E-state index in [0.717, 1.165) is 5.69 Å². The van der Waals surface area contributed by atoms with Gasteiger partial charge < -0.3 is 9.32 Å². The summed E-state index contributed by atoms with van der Waals surface area (Å²) in [5.74, 6) is -0.491. The second-order valence-electron chi connectivity index (χ2n) is 6.04. The van der Waals surface area contributed by atoms with Crippen molar-refractivity contribution in [3.8, 4) is 0 Å². The summed E-state index contributed by atoms with van der Waals surface area (Å²) in [6.45, 7) is 1.84. The van der Waals surface area contributed by atoms with E-state index in [1.165, 1.54) is 10.4 Å². The summed E-state index contributed by atoms with van der Waals surface area (Å²) < 4.78 is 32.0. The fraction of sp³-hybridized carbons (Fsp3) is 0.235. The summed E-state index contributed by atoms with van der Waals surface area (Å²) in [5.41, 5.74) is 2.04. The highest BCUT2D eigenvalue weighted by Crippen LogP contribution is 2.24. The molecule has 0 bridgehead atoms. The molecule has 0 unspecified atom stereocenters. The average Bonchev–Trinajstić information content (AvgIpc) is 3.01. The van der Waals surface area contributed by atoms with Gasteiger partial charge in [0.2, 0.25) is 10.0 Å². The first-order chi connectivity index (χ1) is 12.4. The van der Waals surface area contributed by atoms with Crippen LogP contribution in [0.3, 0.4) is 0 Å². The number of piperazine rings is 1. The minimum Gasteiger partial charge on any atom is -0.408 e. The minimum absolute atomic E-state index is 0.204. The van der Waals surface area contributed by atoms with Gasteiger partial charge in [-0.15, -0.1) is 0 Å². The Labute approximate surface area is 154 Å². The third kappa shape index (κ3) is 3.11. The van der Waals surface area contributed by atoms with Crippen LogP contribution in [0.15, 0.2) is 56.6 Å². The average molecular weight is 394 g/mol. The predicted octanol–water partition coefficient (Wildman–Crippen LogP) is 2.29. The van der Waals surface area contributed by atoms with Gasteiger partial charge in [-0.05, 0) is 36.4 Å². The zero-order valence-electron chi connectivity index (χ0n) is 13.7. The molecule has 1 N–H and O–H groups in total. The van der Waals surface area contributed by atoms with Gasteiger partial charge in [-0.1, -0.05) is 17.7 Å². The first kappa shape index (κ1) is 17.1. The second-order valence-corrected chi connectivity index (χ2v) is 8.42. The topological polar surface area (TPSA) is 86.6 Å². The Bertz CT molecular complexity index is 1110. The van der Waals surface area contributed by atoms with Crippen LogP contribution in [0.2, 0.25) is 5.02 Å². The van der Waals surface area contributed by atoms with Gasteiger partial charge in [-0.3, -0.25) is 4.98 Å². The Balaban J connectivity index is 1.52. The molecule has 1 saturated heterocycles. The number of rotatable bonds is 3. The zero-order chi connectivity index (χ0) is 18.3. The van der Waals surface area contributed by atoms with Crippen LogP contribution in [-0.2, 0) is 10.0 Å². The number of halogens is 1. The van der Waals surface area contributed by atoms with Gasteiger partial charge in [0.15, 0.2) is 5.58 Å². The third-order valence-corrected chi connectivity index (χ3v) is 6.57. The van der Waals surface area contributed by atoms with E-state index in [1.807, 2.05) is 12.1 Å². The summed E-state index contributed by atoms with van der Waals surface area (Å²) >= 11 is 5.92. The predicted molar refractivity (Wildman–Crippen MR) is 99.3 cm³/mol. The SMILES string of the molecule is O=c1[nH]c2cc(N3CCN(S(=O)(=O)c4cccc(Cl)c4)CC3)ccc2o1. The minimum atomic E-state index is -3.56. The van der Waals surface area contributed by atoms with Crippen LogP contribution < -0.4 is 10.7 Å². The van der Waals surface area contributed by atoms with E-state index in [2.05, 4.69) is 9.88 Å². The lowest BCUT2D eigenvalue weighted by Gasteiger charge is -2.35. The number of aromatic nitrogens is 1. The third-order valence-electron chi connectivity index (χ3n) is 4.44. The molecule has 0 saturated carbocycles. The molecule has 2 aromatic carbocycles. The second kappa shape index (κ2) is 6.46. The van der Waals surface area contributed by atoms with Crippen molar-refractivity contribution in [2.75, 3.05) is 31.1 Å². The molecule has 7 nitrogen and oxygen atoms in total. The van der Waals surface area contributed by atoms with Gasteiger partial charge in [0.1, 0.15) is 0 Å². The molecular weight excluding hydrogens is 378 g/mol. The van der Waals surface area contributed by atoms with Crippen LogP contribution in [0, 0.1) is 0 Å². The van der Waals surface area contributed by atoms with Crippen molar-refractivity contribution in [2.45, 2.75) is 4.90 Å². The number of fused-ring (bicyclic) bond motifs is 1. The Morgan fingerprint density at radius 3 is 2.54 bits per heavy atom. The number of sulfonamides is 1. The zero-order valence-corrected chi connectivity index (χ0v) is 15.3. The van der Waals surface area contributed by atoms with E-state index < -0.39 is 15.8 Å². The highest BCUT2D eigenvalue weighted by Gasteiger charge is 2.28. The number of hydrogen-bond donors (Lipinski definition) is 1. The fourth-order valence-electron chi connectivity index (χ4n) is 3.10. The van der Waals surface area contributed by atoms with E-state index in [1.54, 1.807) is 24.3 Å². The fourth-order valence-corrected chi connectivity index (χ4v) is 4.82. The Morgan fingerprint density at radius 1 is 1.04 bits per heavy atom. The molecule has 136 valence electrons. The van der Waals surface area contributed by atoms with E-state index in [0.29, 0.717) is 42.3 Å². The van der Waals surface area contributed by atoms with Crippen molar-refractivity contribution >= 4 is 38.4 Å². The molecule has 0 amide bonds. The standard InChI is InChI=1S/C17H16ClN3O4S/c18-12-2-1-3-14(10-12)26(23,24)21-8-6-20(7-9-21)13-4-5-16-15(11-13)19-17(22)25-16/h1-5,10-11H,6-9H2,(H,19,22). The smallest absolute Gasteiger partial charge is 0.408 e. The van der Waals surface area contributed by atoms with Crippen LogP contribution in [0.1, 0.15) is 0 Å². The van der Waals surface area contributed by atoms with Crippen molar-refractivity contribution in [3.05, 3.63) is 58.0 Å². The molecule has 1 aliphatic heterocycles. The number of nitrogens with zero attached hydrogens (tertiary/aromatic N) is 2. The largest absolute Gasteiger partial charge is 0.417 e. The summed E-state index contributed by atoms with van der Waals surface area (Å²) in [4.78, 5) is 16.2. The lowest BCUT2D eigenvalue weighted by molar-refractivity contribution is 0.385. The maximum atomic E-state index is 12.8. The summed E-state index contributed by atoms with van der Waals surface area (Å²) in [6.07, 6.45) is 0. The molecule has 26 heavy (non-hydrogen) atoms. The van der Waals surface area contributed by atoms with E-state index >= 15 is 0 Å². The lowest BCUT2D eigenvalue weighted by Crippen LogP contribution is -2.48. The van der Waals surface area contributed by atoms with Crippen molar-refractivity contribution in [1.29, 1.82) is 0 Å². The van der Waals surface area contributed by atoms with Gasteiger partial charge >= 0.3 is 5.76 Å². The van der Waals surface area contributed by atoms with Gasteiger partial charge in [0.25, 0.3) is 0 Å². The van der Waals surface area contributed by atoms with Crippen molar-refractivity contribution in [1.82, 2.24) is 9.29 Å². The Kier molecular flexibility index (Phi) is 4.26. The first-order valence-electron chi connectivity index (χ1n) is 8.07. The normalized spacial score (nSPS) is 16.3. The maximum Gasteiger partial charge on any atom is 0.417 e. The molecular formula is C17H16ClN3O4S. The van der Waals surface area contributed by atoms with Crippen molar-refractivity contribution in [2.24, 2.45) is 0 Å². The molecule has 3 aromatic rings. The first-order valence-corrected chi connectivity index (χ1v) is 9.89. The number of anilines is 1. The Hall–Kier alpha value is -2.29. The highest BCUT2D eigenvalue weighted by molar-refractivity contribution is 7.89. The Morgan fingerprint density at radius 2 is 1.81 bits per heavy atom. The summed E-state index contributed by atoms with van der Waals surface area (Å²) in [7, 11) is -3.56. The van der Waals surface area contributed by atoms with Crippen LogP contribution in [0.25, 0.3) is 11.1 Å². The number of oxazole rings is 1. The number of nitrogens with one attached hydrogen (secondary N) is 1. The molecule has 1 aromatic heterocycles. The van der Waals surface area contributed by atoms with Gasteiger partial charge in [0, 0.05) is 36.9 Å². The molecule has 4 rings (SSSR count). The lowest BCUT2D eigenvalue weighted by atomic mass is 10.2. The van der Waals surface area contributed by atoms with Gasteiger partial charge in [-0.25, -0.2) is 13.2 Å². The van der Waals surface area contributed by atoms with Crippen LogP contribution in [0.5, 0.6) is 0 Å². The monoisotopic (exact) mass is 393 g/mol. The highest BCUT2D eigenvalue weighted by atomic mass is 35.5. The van der Waals surface area contributed by atoms with Gasteiger partial charge in [0.05, 0.1) is 10.4 Å². The number of aromatic amines is 1. The van der Waals surface area contributed by atoms with Crippen LogP contribution >= 0.6 is 11.6 Å². The molecule has 0 atom stereocenters. The molecule has 1 fully saturated rings. The summed E-state index contributed by atoms with van der Waals surface area (Å²) in [6, 6.07) is 11.7. The quantitative estimate of drug-likeness (QED) is 0.737. The summed E-state index contributed by atoms with van der Waals surface area (Å²) in [5, 5.41) is 0.395. The number of H-pyrrole nitrogens is 1. The van der Waals surface area contributed by atoms with Crippen LogP contribution in [0.4, 0.5) is 5.69 Å². The number of benzene rings is 2. The van der Waals surface area contributed by atoms with Crippen molar-refractivity contribution in [3.63, 3.8) is 0 Å². The maximum absolute atomic E-state index is 12.8. The molecule has 9 heteroatoms. The number of hydrogen-bond acceptors (Lipinski definition) is 5. The molecule has 0 radical (unpaired) electrons. The van der Waals surface area contributed by atoms with E-state index in [-0.39, 0.29) is 4.90 Å².